The Morgan fingerprint density at radius 2 is 2.36 bits per heavy atom. The van der Waals surface area contributed by atoms with Crippen LogP contribution in [-0.2, 0) is 4.79 Å². The molecule has 2 nitrogen and oxygen atoms in total. The van der Waals surface area contributed by atoms with E-state index in [1.807, 2.05) is 4.90 Å². The summed E-state index contributed by atoms with van der Waals surface area (Å²) in [6.07, 6.45) is 4.15. The molecule has 11 heavy (non-hydrogen) atoms. The molecule has 2 heteroatoms. The molecule has 0 bridgehead atoms. The molecule has 0 radical (unpaired) electrons. The van der Waals surface area contributed by atoms with Crippen LogP contribution in [0.4, 0.5) is 0 Å². The van der Waals surface area contributed by atoms with Crippen LogP contribution in [0, 0.1) is 0 Å². The number of carbonyl (C=O) groups excluding carboxylic acids is 1. The molecule has 0 spiro atoms. The Balaban J connectivity index is 2.35. The molecule has 1 aliphatic heterocycles. The molecule has 1 amide bonds. The molecule has 0 aromatic heterocycles. The summed E-state index contributed by atoms with van der Waals surface area (Å²) >= 11 is 0. The quantitative estimate of drug-likeness (QED) is 0.608. The minimum atomic E-state index is 0.353. The normalized spacial score (nSPS) is 24.7. The first kappa shape index (κ1) is 8.57. The fraction of sp³-hybridized carbons (Fsp3) is 0.889. The van der Waals surface area contributed by atoms with E-state index in [0.717, 1.165) is 25.8 Å². The van der Waals surface area contributed by atoms with Crippen LogP contribution in [-0.4, -0.2) is 23.4 Å². The fourth-order valence-corrected chi connectivity index (χ4v) is 1.55. The molecule has 0 aromatic carbocycles. The van der Waals surface area contributed by atoms with Gasteiger partial charge in [0.25, 0.3) is 0 Å². The van der Waals surface area contributed by atoms with Gasteiger partial charge in [-0.1, -0.05) is 13.3 Å². The first-order valence-electron chi connectivity index (χ1n) is 4.55. The van der Waals surface area contributed by atoms with E-state index >= 15 is 0 Å². The number of likely N-dealkylation sites (tertiary alicyclic amines) is 1. The van der Waals surface area contributed by atoms with Crippen molar-refractivity contribution in [1.82, 2.24) is 4.90 Å². The van der Waals surface area contributed by atoms with Crippen LogP contribution in [0.2, 0.25) is 0 Å². The van der Waals surface area contributed by atoms with E-state index in [-0.39, 0.29) is 0 Å². The summed E-state index contributed by atoms with van der Waals surface area (Å²) in [5.74, 6) is 0.353. The van der Waals surface area contributed by atoms with Crippen LogP contribution in [0.1, 0.15) is 39.5 Å². The topological polar surface area (TPSA) is 20.3 Å². The first-order valence-corrected chi connectivity index (χ1v) is 4.55. The number of unbranched alkanes of at least 4 members (excludes halogenated alkanes) is 1. The number of hydrogen-bond donors (Lipinski definition) is 0. The summed E-state index contributed by atoms with van der Waals surface area (Å²) < 4.78 is 0. The van der Waals surface area contributed by atoms with Crippen LogP contribution in [0.3, 0.4) is 0 Å². The lowest BCUT2D eigenvalue weighted by Gasteiger charge is -2.20. The summed E-state index contributed by atoms with van der Waals surface area (Å²) in [5.41, 5.74) is 0. The Morgan fingerprint density at radius 3 is 2.82 bits per heavy atom. The zero-order valence-corrected chi connectivity index (χ0v) is 7.47. The Morgan fingerprint density at radius 1 is 1.64 bits per heavy atom. The van der Waals surface area contributed by atoms with E-state index in [1.54, 1.807) is 0 Å². The maximum Gasteiger partial charge on any atom is 0.222 e. The Hall–Kier alpha value is -0.530. The van der Waals surface area contributed by atoms with Gasteiger partial charge in [0.05, 0.1) is 0 Å². The lowest BCUT2D eigenvalue weighted by molar-refractivity contribution is -0.128. The summed E-state index contributed by atoms with van der Waals surface area (Å²) in [7, 11) is 0. The molecule has 1 heterocycles. The summed E-state index contributed by atoms with van der Waals surface area (Å²) in [6.45, 7) is 5.27. The molecule has 0 aliphatic carbocycles. The third-order valence-electron chi connectivity index (χ3n) is 2.38. The Kier molecular flexibility index (Phi) is 2.92. The zero-order chi connectivity index (χ0) is 8.27. The van der Waals surface area contributed by atoms with Crippen molar-refractivity contribution in [2.45, 2.75) is 45.6 Å². The minimum absolute atomic E-state index is 0.353. The maximum absolute atomic E-state index is 11.2. The second kappa shape index (κ2) is 3.74. The third kappa shape index (κ3) is 1.95. The number of carbonyl (C=O) groups is 1. The Bertz CT molecular complexity index is 144. The summed E-state index contributed by atoms with van der Waals surface area (Å²) in [5, 5.41) is 0. The maximum atomic E-state index is 11.2. The molecular weight excluding hydrogens is 138 g/mol. The highest BCUT2D eigenvalue weighted by Crippen LogP contribution is 2.18. The molecule has 0 N–H and O–H groups in total. The predicted octanol–water partition coefficient (Wildman–Crippen LogP) is 1.80. The van der Waals surface area contributed by atoms with Gasteiger partial charge in [-0.15, -0.1) is 0 Å². The van der Waals surface area contributed by atoms with Gasteiger partial charge in [-0.3, -0.25) is 4.79 Å². The predicted molar refractivity (Wildman–Crippen MR) is 45.3 cm³/mol. The van der Waals surface area contributed by atoms with Gasteiger partial charge >= 0.3 is 0 Å². The standard InChI is InChI=1S/C9H17NO/c1-3-4-7-10-8(2)5-6-9(10)11/h8H,3-7H2,1-2H3/t8-/m0/s1. The highest BCUT2D eigenvalue weighted by atomic mass is 16.2. The van der Waals surface area contributed by atoms with Gasteiger partial charge in [-0.05, 0) is 19.8 Å². The highest BCUT2D eigenvalue weighted by molar-refractivity contribution is 5.78. The molecule has 0 unspecified atom stereocenters. The second-order valence-corrected chi connectivity index (χ2v) is 3.33. The van der Waals surface area contributed by atoms with Crippen LogP contribution in [0.25, 0.3) is 0 Å². The minimum Gasteiger partial charge on any atom is -0.340 e. The molecule has 1 atom stereocenters. The van der Waals surface area contributed by atoms with Gasteiger partial charge in [0, 0.05) is 19.0 Å². The van der Waals surface area contributed by atoms with Crippen molar-refractivity contribution >= 4 is 5.91 Å². The van der Waals surface area contributed by atoms with E-state index in [0.29, 0.717) is 11.9 Å². The van der Waals surface area contributed by atoms with Gasteiger partial charge in [0.1, 0.15) is 0 Å². The van der Waals surface area contributed by atoms with Crippen molar-refractivity contribution in [3.63, 3.8) is 0 Å². The van der Waals surface area contributed by atoms with Crippen molar-refractivity contribution in [3.05, 3.63) is 0 Å². The van der Waals surface area contributed by atoms with Gasteiger partial charge in [0.2, 0.25) is 5.91 Å². The van der Waals surface area contributed by atoms with Crippen molar-refractivity contribution < 1.29 is 4.79 Å². The number of rotatable bonds is 3. The van der Waals surface area contributed by atoms with Crippen molar-refractivity contribution in [2.24, 2.45) is 0 Å². The molecule has 64 valence electrons. The SMILES string of the molecule is CCCCN1C(=O)CC[C@@H]1C. The summed E-state index contributed by atoms with van der Waals surface area (Å²) in [4.78, 5) is 13.2. The van der Waals surface area contributed by atoms with Gasteiger partial charge < -0.3 is 4.90 Å². The molecular formula is C9H17NO. The van der Waals surface area contributed by atoms with Crippen LogP contribution in [0.5, 0.6) is 0 Å². The van der Waals surface area contributed by atoms with Crippen LogP contribution >= 0.6 is 0 Å². The smallest absolute Gasteiger partial charge is 0.222 e. The van der Waals surface area contributed by atoms with Crippen LogP contribution in [0.15, 0.2) is 0 Å². The van der Waals surface area contributed by atoms with E-state index in [1.165, 1.54) is 6.42 Å². The summed E-state index contributed by atoms with van der Waals surface area (Å²) in [6, 6.07) is 0.494. The van der Waals surface area contributed by atoms with Crippen molar-refractivity contribution in [2.75, 3.05) is 6.54 Å². The van der Waals surface area contributed by atoms with Crippen molar-refractivity contribution in [3.8, 4) is 0 Å². The van der Waals surface area contributed by atoms with E-state index in [2.05, 4.69) is 13.8 Å². The first-order chi connectivity index (χ1) is 5.25. The van der Waals surface area contributed by atoms with Gasteiger partial charge in [-0.2, -0.15) is 0 Å². The average Bonchev–Trinajstić information content (AvgIpc) is 2.29. The van der Waals surface area contributed by atoms with Crippen LogP contribution < -0.4 is 0 Å². The molecule has 1 fully saturated rings. The Labute approximate surface area is 68.6 Å². The second-order valence-electron chi connectivity index (χ2n) is 3.33. The van der Waals surface area contributed by atoms with Gasteiger partial charge in [-0.25, -0.2) is 0 Å². The highest BCUT2D eigenvalue weighted by Gasteiger charge is 2.26. The number of nitrogens with zero attached hydrogens (tertiary/aromatic N) is 1. The molecule has 1 saturated heterocycles. The van der Waals surface area contributed by atoms with Gasteiger partial charge in [0.15, 0.2) is 0 Å². The number of amides is 1. The van der Waals surface area contributed by atoms with E-state index in [4.69, 9.17) is 0 Å². The van der Waals surface area contributed by atoms with E-state index in [9.17, 15) is 4.79 Å². The average molecular weight is 155 g/mol. The lowest BCUT2D eigenvalue weighted by atomic mass is 10.2. The molecule has 0 saturated carbocycles. The molecule has 0 aromatic rings. The molecule has 1 aliphatic rings. The number of hydrogen-bond acceptors (Lipinski definition) is 1. The largest absolute Gasteiger partial charge is 0.340 e. The monoisotopic (exact) mass is 155 g/mol. The van der Waals surface area contributed by atoms with Crippen molar-refractivity contribution in [1.29, 1.82) is 0 Å². The zero-order valence-electron chi connectivity index (χ0n) is 7.47. The lowest BCUT2D eigenvalue weighted by Crippen LogP contribution is -2.31. The van der Waals surface area contributed by atoms with E-state index < -0.39 is 0 Å². The molecule has 1 rings (SSSR count). The third-order valence-corrected chi connectivity index (χ3v) is 2.38. The fourth-order valence-electron chi connectivity index (χ4n) is 1.55.